The zero-order valence-electron chi connectivity index (χ0n) is 9.29. The first-order valence-corrected chi connectivity index (χ1v) is 6.37. The molecule has 4 heteroatoms. The zero-order valence-corrected chi connectivity index (χ0v) is 10.1. The van der Waals surface area contributed by atoms with Crippen LogP contribution in [-0.2, 0) is 10.0 Å². The monoisotopic (exact) mass is 207 g/mol. The lowest BCUT2D eigenvalue weighted by Crippen LogP contribution is -2.46. The summed E-state index contributed by atoms with van der Waals surface area (Å²) < 4.78 is 25.0. The van der Waals surface area contributed by atoms with Gasteiger partial charge in [0.2, 0.25) is 10.0 Å². The molecule has 0 heterocycles. The van der Waals surface area contributed by atoms with Crippen molar-refractivity contribution in [1.82, 2.24) is 4.31 Å². The number of rotatable bonds is 4. The van der Waals surface area contributed by atoms with E-state index in [1.165, 1.54) is 0 Å². The maximum Gasteiger partial charge on any atom is 0.214 e. The molecule has 0 aliphatic heterocycles. The summed E-state index contributed by atoms with van der Waals surface area (Å²) in [6.45, 7) is 10.1. The molecule has 0 unspecified atom stereocenters. The Morgan fingerprint density at radius 1 is 1.15 bits per heavy atom. The van der Waals surface area contributed by atoms with Gasteiger partial charge in [-0.3, -0.25) is 0 Å². The second-order valence-electron chi connectivity index (χ2n) is 4.15. The molecule has 0 N–H and O–H groups in total. The van der Waals surface area contributed by atoms with Crippen LogP contribution in [0.5, 0.6) is 0 Å². The minimum atomic E-state index is -3.05. The van der Waals surface area contributed by atoms with Gasteiger partial charge in [0.1, 0.15) is 0 Å². The Hall–Kier alpha value is -0.0900. The van der Waals surface area contributed by atoms with E-state index >= 15 is 0 Å². The molecule has 0 rings (SSSR count). The summed E-state index contributed by atoms with van der Waals surface area (Å²) in [5.74, 6) is 0.248. The van der Waals surface area contributed by atoms with Crippen molar-refractivity contribution in [3.8, 4) is 0 Å². The molecule has 0 bridgehead atoms. The largest absolute Gasteiger partial charge is 0.214 e. The Morgan fingerprint density at radius 3 is 1.85 bits per heavy atom. The molecule has 0 atom stereocenters. The van der Waals surface area contributed by atoms with Crippen molar-refractivity contribution in [3.05, 3.63) is 0 Å². The van der Waals surface area contributed by atoms with Gasteiger partial charge in [-0.05, 0) is 27.2 Å². The van der Waals surface area contributed by atoms with Gasteiger partial charge in [-0.25, -0.2) is 8.42 Å². The average molecular weight is 207 g/mol. The topological polar surface area (TPSA) is 37.4 Å². The molecular formula is C9H21NO2S. The molecule has 0 amide bonds. The molecule has 0 aromatic carbocycles. The number of hydrogen-bond acceptors (Lipinski definition) is 2. The molecular weight excluding hydrogens is 186 g/mol. The Kier molecular flexibility index (Phi) is 4.39. The third-order valence-corrected chi connectivity index (χ3v) is 4.23. The molecule has 0 aliphatic carbocycles. The smallest absolute Gasteiger partial charge is 0.212 e. The lowest BCUT2D eigenvalue weighted by Gasteiger charge is -2.33. The van der Waals surface area contributed by atoms with Crippen LogP contribution in [0.3, 0.4) is 0 Å². The quantitative estimate of drug-likeness (QED) is 0.705. The SMILES string of the molecule is CCCS(=O)(=O)N(CC)C(C)(C)C. The summed E-state index contributed by atoms with van der Waals surface area (Å²) >= 11 is 0. The van der Waals surface area contributed by atoms with E-state index in [4.69, 9.17) is 0 Å². The minimum absolute atomic E-state index is 0.248. The first-order valence-electron chi connectivity index (χ1n) is 4.76. The normalized spacial score (nSPS) is 13.7. The maximum absolute atomic E-state index is 11.7. The van der Waals surface area contributed by atoms with E-state index in [-0.39, 0.29) is 11.3 Å². The minimum Gasteiger partial charge on any atom is -0.212 e. The standard InChI is InChI=1S/C9H21NO2S/c1-6-8-13(11,12)10(7-2)9(3,4)5/h6-8H2,1-5H3. The van der Waals surface area contributed by atoms with E-state index < -0.39 is 10.0 Å². The van der Waals surface area contributed by atoms with Crippen LogP contribution in [0, 0.1) is 0 Å². The molecule has 0 spiro atoms. The highest BCUT2D eigenvalue weighted by molar-refractivity contribution is 7.89. The van der Waals surface area contributed by atoms with Gasteiger partial charge in [0.25, 0.3) is 0 Å². The fourth-order valence-electron chi connectivity index (χ4n) is 1.46. The van der Waals surface area contributed by atoms with Crippen LogP contribution in [-0.4, -0.2) is 30.6 Å². The first-order chi connectivity index (χ1) is 5.75. The van der Waals surface area contributed by atoms with E-state index in [0.29, 0.717) is 13.0 Å². The number of hydrogen-bond donors (Lipinski definition) is 0. The highest BCUT2D eigenvalue weighted by Gasteiger charge is 2.29. The molecule has 0 aromatic rings. The van der Waals surface area contributed by atoms with Crippen LogP contribution < -0.4 is 0 Å². The van der Waals surface area contributed by atoms with Gasteiger partial charge >= 0.3 is 0 Å². The molecule has 0 radical (unpaired) electrons. The first kappa shape index (κ1) is 12.9. The molecule has 0 fully saturated rings. The van der Waals surface area contributed by atoms with E-state index in [2.05, 4.69) is 0 Å². The lowest BCUT2D eigenvalue weighted by atomic mass is 10.1. The predicted octanol–water partition coefficient (Wildman–Crippen LogP) is 1.85. The van der Waals surface area contributed by atoms with Crippen LogP contribution in [0.25, 0.3) is 0 Å². The third-order valence-electron chi connectivity index (χ3n) is 1.83. The molecule has 13 heavy (non-hydrogen) atoms. The van der Waals surface area contributed by atoms with Crippen LogP contribution in [0.4, 0.5) is 0 Å². The van der Waals surface area contributed by atoms with Gasteiger partial charge in [-0.1, -0.05) is 13.8 Å². The van der Waals surface area contributed by atoms with Crippen molar-refractivity contribution in [1.29, 1.82) is 0 Å². The fourth-order valence-corrected chi connectivity index (χ4v) is 3.42. The van der Waals surface area contributed by atoms with Crippen LogP contribution in [0.2, 0.25) is 0 Å². The highest BCUT2D eigenvalue weighted by atomic mass is 32.2. The summed E-state index contributed by atoms with van der Waals surface area (Å²) in [6.07, 6.45) is 0.676. The molecule has 3 nitrogen and oxygen atoms in total. The second-order valence-corrected chi connectivity index (χ2v) is 6.16. The van der Waals surface area contributed by atoms with Gasteiger partial charge in [0, 0.05) is 12.1 Å². The van der Waals surface area contributed by atoms with Crippen molar-refractivity contribution in [3.63, 3.8) is 0 Å². The van der Waals surface area contributed by atoms with Crippen molar-refractivity contribution < 1.29 is 8.42 Å². The molecule has 0 saturated carbocycles. The van der Waals surface area contributed by atoms with Crippen molar-refractivity contribution >= 4 is 10.0 Å². The van der Waals surface area contributed by atoms with E-state index in [0.717, 1.165) is 0 Å². The zero-order chi connectivity index (χ0) is 10.7. The molecule has 0 aromatic heterocycles. The van der Waals surface area contributed by atoms with Crippen LogP contribution in [0.1, 0.15) is 41.0 Å². The predicted molar refractivity (Wildman–Crippen MR) is 56.2 cm³/mol. The van der Waals surface area contributed by atoms with Gasteiger partial charge in [-0.2, -0.15) is 4.31 Å². The van der Waals surface area contributed by atoms with Gasteiger partial charge < -0.3 is 0 Å². The van der Waals surface area contributed by atoms with E-state index in [1.54, 1.807) is 4.31 Å². The summed E-state index contributed by atoms with van der Waals surface area (Å²) in [4.78, 5) is 0. The Morgan fingerprint density at radius 2 is 1.62 bits per heavy atom. The fraction of sp³-hybridized carbons (Fsp3) is 1.00. The van der Waals surface area contributed by atoms with Crippen molar-refractivity contribution in [2.45, 2.75) is 46.6 Å². The van der Waals surface area contributed by atoms with Gasteiger partial charge in [-0.15, -0.1) is 0 Å². The lowest BCUT2D eigenvalue weighted by molar-refractivity contribution is 0.260. The van der Waals surface area contributed by atoms with Crippen LogP contribution in [0.15, 0.2) is 0 Å². The summed E-state index contributed by atoms with van der Waals surface area (Å²) in [6, 6.07) is 0. The Balaban J connectivity index is 4.79. The molecule has 0 saturated heterocycles. The average Bonchev–Trinajstić information content (AvgIpc) is 1.83. The van der Waals surface area contributed by atoms with Crippen molar-refractivity contribution in [2.24, 2.45) is 0 Å². The van der Waals surface area contributed by atoms with Crippen LogP contribution >= 0.6 is 0 Å². The van der Waals surface area contributed by atoms with Gasteiger partial charge in [0.05, 0.1) is 5.75 Å². The van der Waals surface area contributed by atoms with Gasteiger partial charge in [0.15, 0.2) is 0 Å². The highest BCUT2D eigenvalue weighted by Crippen LogP contribution is 2.18. The number of sulfonamides is 1. The van der Waals surface area contributed by atoms with E-state index in [9.17, 15) is 8.42 Å². The summed E-state index contributed by atoms with van der Waals surface area (Å²) in [5.41, 5.74) is -0.303. The summed E-state index contributed by atoms with van der Waals surface area (Å²) in [7, 11) is -3.05. The maximum atomic E-state index is 11.7. The van der Waals surface area contributed by atoms with Crippen molar-refractivity contribution in [2.75, 3.05) is 12.3 Å². The number of nitrogens with zero attached hydrogens (tertiary/aromatic N) is 1. The van der Waals surface area contributed by atoms with E-state index in [1.807, 2.05) is 34.6 Å². The molecule has 0 aliphatic rings. The summed E-state index contributed by atoms with van der Waals surface area (Å²) in [5, 5.41) is 0. The molecule has 80 valence electrons. The second kappa shape index (κ2) is 4.42. The Labute approximate surface area is 82.2 Å². The Bertz CT molecular complexity index is 239. The third kappa shape index (κ3) is 3.65.